The van der Waals surface area contributed by atoms with E-state index < -0.39 is 0 Å². The van der Waals surface area contributed by atoms with Gasteiger partial charge in [-0.05, 0) is 19.9 Å². The van der Waals surface area contributed by atoms with E-state index in [-0.39, 0.29) is 11.9 Å². The number of nitrogens with zero attached hydrogens (tertiary/aromatic N) is 6. The van der Waals surface area contributed by atoms with Gasteiger partial charge in [0.05, 0.1) is 5.69 Å². The van der Waals surface area contributed by atoms with Crippen molar-refractivity contribution in [3.63, 3.8) is 0 Å². The van der Waals surface area contributed by atoms with Crippen LogP contribution < -0.4 is 5.32 Å². The number of hydrogen-bond acceptors (Lipinski definition) is 5. The summed E-state index contributed by atoms with van der Waals surface area (Å²) in [6.45, 7) is 4.04. The van der Waals surface area contributed by atoms with Crippen LogP contribution in [0.3, 0.4) is 0 Å². The number of carbonyl (C=O) groups is 1. The third-order valence-corrected chi connectivity index (χ3v) is 3.93. The van der Waals surface area contributed by atoms with E-state index in [1.807, 2.05) is 50.4 Å². The lowest BCUT2D eigenvalue weighted by atomic mass is 10.1. The Balaban J connectivity index is 1.72. The molecule has 0 unspecified atom stereocenters. The first-order chi connectivity index (χ1) is 12.6. The fourth-order valence-electron chi connectivity index (χ4n) is 2.60. The van der Waals surface area contributed by atoms with Crippen molar-refractivity contribution in [3.8, 4) is 11.3 Å². The zero-order valence-corrected chi connectivity index (χ0v) is 14.4. The summed E-state index contributed by atoms with van der Waals surface area (Å²) in [6.07, 6.45) is 3.20. The summed E-state index contributed by atoms with van der Waals surface area (Å²) >= 11 is 0. The fourth-order valence-corrected chi connectivity index (χ4v) is 2.60. The van der Waals surface area contributed by atoms with Crippen molar-refractivity contribution in [2.75, 3.05) is 5.32 Å². The zero-order valence-electron chi connectivity index (χ0n) is 14.4. The van der Waals surface area contributed by atoms with Gasteiger partial charge in [-0.3, -0.25) is 9.48 Å². The first kappa shape index (κ1) is 15.9. The number of benzene rings is 1. The standard InChI is InChI=1S/C18H17N7O/c1-12(2)24-9-8-16(23-24)22-17(26)15-10-14(13-6-4-3-5-7-13)21-18-19-11-20-25(15)18/h3-12H,1-2H3,(H,22,23,26). The molecule has 8 nitrogen and oxygen atoms in total. The molecule has 0 radical (unpaired) electrons. The molecule has 1 N–H and O–H groups in total. The second kappa shape index (κ2) is 6.40. The molecule has 0 spiro atoms. The predicted molar refractivity (Wildman–Crippen MR) is 96.8 cm³/mol. The van der Waals surface area contributed by atoms with Crippen LogP contribution >= 0.6 is 0 Å². The molecule has 8 heteroatoms. The molecule has 130 valence electrons. The lowest BCUT2D eigenvalue weighted by Gasteiger charge is -2.08. The van der Waals surface area contributed by atoms with Crippen LogP contribution in [-0.4, -0.2) is 35.3 Å². The molecular weight excluding hydrogens is 330 g/mol. The number of aromatic nitrogens is 6. The number of nitrogens with one attached hydrogen (secondary N) is 1. The third-order valence-electron chi connectivity index (χ3n) is 3.93. The normalized spacial score (nSPS) is 11.2. The monoisotopic (exact) mass is 347 g/mol. The topological polar surface area (TPSA) is 90.0 Å². The van der Waals surface area contributed by atoms with E-state index in [4.69, 9.17) is 0 Å². The van der Waals surface area contributed by atoms with Gasteiger partial charge in [-0.25, -0.2) is 4.98 Å². The molecule has 0 aliphatic heterocycles. The van der Waals surface area contributed by atoms with Crippen LogP contribution in [0, 0.1) is 0 Å². The average molecular weight is 347 g/mol. The van der Waals surface area contributed by atoms with E-state index >= 15 is 0 Å². The second-order valence-corrected chi connectivity index (χ2v) is 6.09. The average Bonchev–Trinajstić information content (AvgIpc) is 3.30. The summed E-state index contributed by atoms with van der Waals surface area (Å²) in [5, 5.41) is 11.3. The summed E-state index contributed by atoms with van der Waals surface area (Å²) in [4.78, 5) is 21.4. The van der Waals surface area contributed by atoms with E-state index in [0.717, 1.165) is 5.56 Å². The summed E-state index contributed by atoms with van der Waals surface area (Å²) in [6, 6.07) is 13.3. The molecule has 3 heterocycles. The number of rotatable bonds is 4. The molecule has 3 aromatic heterocycles. The van der Waals surface area contributed by atoms with Gasteiger partial charge in [-0.1, -0.05) is 30.3 Å². The van der Waals surface area contributed by atoms with Crippen LogP contribution in [0.25, 0.3) is 17.0 Å². The van der Waals surface area contributed by atoms with Gasteiger partial charge < -0.3 is 5.32 Å². The van der Waals surface area contributed by atoms with E-state index in [1.54, 1.807) is 16.8 Å². The molecule has 26 heavy (non-hydrogen) atoms. The largest absolute Gasteiger partial charge is 0.304 e. The third kappa shape index (κ3) is 2.92. The molecule has 0 bridgehead atoms. The number of carbonyl (C=O) groups excluding carboxylic acids is 1. The SMILES string of the molecule is CC(C)n1ccc(NC(=O)c2cc(-c3ccccc3)nc3ncnn23)n1. The van der Waals surface area contributed by atoms with Crippen molar-refractivity contribution in [2.45, 2.75) is 19.9 Å². The van der Waals surface area contributed by atoms with Crippen molar-refractivity contribution < 1.29 is 4.79 Å². The van der Waals surface area contributed by atoms with E-state index in [0.29, 0.717) is 23.0 Å². The number of hydrogen-bond donors (Lipinski definition) is 1. The van der Waals surface area contributed by atoms with Gasteiger partial charge in [0, 0.05) is 23.9 Å². The van der Waals surface area contributed by atoms with Crippen molar-refractivity contribution in [3.05, 3.63) is 60.7 Å². The molecule has 0 fully saturated rings. The maximum atomic E-state index is 12.8. The molecule has 0 saturated heterocycles. The van der Waals surface area contributed by atoms with Crippen LogP contribution in [0.5, 0.6) is 0 Å². The maximum absolute atomic E-state index is 12.8. The summed E-state index contributed by atoms with van der Waals surface area (Å²) < 4.78 is 3.20. The Morgan fingerprint density at radius 1 is 1.15 bits per heavy atom. The summed E-state index contributed by atoms with van der Waals surface area (Å²) in [5.41, 5.74) is 1.89. The molecule has 0 aliphatic rings. The first-order valence-corrected chi connectivity index (χ1v) is 8.24. The van der Waals surface area contributed by atoms with E-state index in [9.17, 15) is 4.79 Å². The van der Waals surface area contributed by atoms with Crippen molar-refractivity contribution in [2.24, 2.45) is 0 Å². The van der Waals surface area contributed by atoms with Gasteiger partial charge >= 0.3 is 0 Å². The Hall–Kier alpha value is -3.55. The molecule has 0 atom stereocenters. The van der Waals surface area contributed by atoms with Crippen molar-refractivity contribution >= 4 is 17.5 Å². The van der Waals surface area contributed by atoms with E-state index in [1.165, 1.54) is 10.8 Å². The van der Waals surface area contributed by atoms with Crippen LogP contribution in [0.1, 0.15) is 30.4 Å². The molecule has 0 aliphatic carbocycles. The Morgan fingerprint density at radius 3 is 2.69 bits per heavy atom. The molecule has 4 aromatic rings. The second-order valence-electron chi connectivity index (χ2n) is 6.09. The number of fused-ring (bicyclic) bond motifs is 1. The lowest BCUT2D eigenvalue weighted by molar-refractivity contribution is 0.101. The highest BCUT2D eigenvalue weighted by Crippen LogP contribution is 2.19. The van der Waals surface area contributed by atoms with E-state index in [2.05, 4.69) is 25.5 Å². The highest BCUT2D eigenvalue weighted by molar-refractivity contribution is 6.03. The van der Waals surface area contributed by atoms with Crippen LogP contribution in [0.4, 0.5) is 5.82 Å². The zero-order chi connectivity index (χ0) is 18.1. The highest BCUT2D eigenvalue weighted by atomic mass is 16.2. The fraction of sp³-hybridized carbons (Fsp3) is 0.167. The van der Waals surface area contributed by atoms with Crippen molar-refractivity contribution in [1.82, 2.24) is 29.4 Å². The Labute approximate surface area is 149 Å². The molecule has 0 saturated carbocycles. The molecule has 1 aromatic carbocycles. The predicted octanol–water partition coefficient (Wildman–Crippen LogP) is 2.82. The highest BCUT2D eigenvalue weighted by Gasteiger charge is 2.17. The van der Waals surface area contributed by atoms with Gasteiger partial charge in [-0.15, -0.1) is 0 Å². The van der Waals surface area contributed by atoms with Crippen molar-refractivity contribution in [1.29, 1.82) is 0 Å². The van der Waals surface area contributed by atoms with Crippen LogP contribution in [0.15, 0.2) is 55.0 Å². The van der Waals surface area contributed by atoms with Gasteiger partial charge in [-0.2, -0.15) is 19.7 Å². The minimum atomic E-state index is -0.325. The minimum absolute atomic E-state index is 0.216. The van der Waals surface area contributed by atoms with Gasteiger partial charge in [0.1, 0.15) is 12.0 Å². The Morgan fingerprint density at radius 2 is 1.96 bits per heavy atom. The molecular formula is C18H17N7O. The maximum Gasteiger partial charge on any atom is 0.275 e. The Kier molecular flexibility index (Phi) is 3.92. The quantitative estimate of drug-likeness (QED) is 0.613. The lowest BCUT2D eigenvalue weighted by Crippen LogP contribution is -2.18. The number of anilines is 1. The van der Waals surface area contributed by atoms with Gasteiger partial charge in [0.15, 0.2) is 5.82 Å². The van der Waals surface area contributed by atoms with Gasteiger partial charge in [0.2, 0.25) is 0 Å². The molecule has 1 amide bonds. The number of amides is 1. The summed E-state index contributed by atoms with van der Waals surface area (Å²) in [7, 11) is 0. The smallest absolute Gasteiger partial charge is 0.275 e. The van der Waals surface area contributed by atoms with Crippen LogP contribution in [-0.2, 0) is 0 Å². The first-order valence-electron chi connectivity index (χ1n) is 8.24. The molecule has 4 rings (SSSR count). The Bertz CT molecular complexity index is 1070. The minimum Gasteiger partial charge on any atom is -0.304 e. The summed E-state index contributed by atoms with van der Waals surface area (Å²) in [5.74, 6) is 0.522. The van der Waals surface area contributed by atoms with Crippen LogP contribution in [0.2, 0.25) is 0 Å². The van der Waals surface area contributed by atoms with Gasteiger partial charge in [0.25, 0.3) is 11.7 Å².